The molecule has 0 aliphatic rings. The fourth-order valence-corrected chi connectivity index (χ4v) is 2.02. The normalized spacial score (nSPS) is 11.6. The molecule has 0 radical (unpaired) electrons. The van der Waals surface area contributed by atoms with Gasteiger partial charge in [-0.15, -0.1) is 0 Å². The minimum atomic E-state index is -0.865. The molecule has 3 N–H and O–H groups in total. The molecule has 0 spiro atoms. The minimum absolute atomic E-state index is 0.141. The lowest BCUT2D eigenvalue weighted by atomic mass is 10.1. The third kappa shape index (κ3) is 3.34. The molecule has 1 aromatic heterocycles. The highest BCUT2D eigenvalue weighted by molar-refractivity contribution is 6.06. The quantitative estimate of drug-likeness (QED) is 0.856. The summed E-state index contributed by atoms with van der Waals surface area (Å²) in [5.41, 5.74) is 6.17. The van der Waals surface area contributed by atoms with E-state index in [1.54, 1.807) is 24.4 Å². The predicted molar refractivity (Wildman–Crippen MR) is 77.0 cm³/mol. The number of pyridine rings is 1. The summed E-state index contributed by atoms with van der Waals surface area (Å²) in [6.45, 7) is 0. The summed E-state index contributed by atoms with van der Waals surface area (Å²) in [6, 6.07) is 9.91. The van der Waals surface area contributed by atoms with E-state index in [0.29, 0.717) is 11.1 Å². The number of amides is 2. The van der Waals surface area contributed by atoms with Crippen molar-refractivity contribution >= 4 is 22.7 Å². The molecule has 0 bridgehead atoms. The first kappa shape index (κ1) is 14.5. The first-order valence-corrected chi connectivity index (χ1v) is 6.44. The number of rotatable bonds is 5. The zero-order chi connectivity index (χ0) is 15.2. The number of hydrogen-bond donors (Lipinski definition) is 2. The van der Waals surface area contributed by atoms with E-state index in [2.05, 4.69) is 10.3 Å². The third-order valence-electron chi connectivity index (χ3n) is 3.07. The molecule has 0 aliphatic heterocycles. The summed E-state index contributed by atoms with van der Waals surface area (Å²) >= 11 is 0. The van der Waals surface area contributed by atoms with Crippen molar-refractivity contribution in [3.05, 3.63) is 42.1 Å². The van der Waals surface area contributed by atoms with Crippen molar-refractivity contribution in [3.63, 3.8) is 0 Å². The number of carbonyl (C=O) groups is 2. The van der Waals surface area contributed by atoms with E-state index in [4.69, 9.17) is 11.0 Å². The summed E-state index contributed by atoms with van der Waals surface area (Å²) in [5, 5.41) is 12.0. The second-order valence-electron chi connectivity index (χ2n) is 4.51. The number of fused-ring (bicyclic) bond motifs is 1. The van der Waals surface area contributed by atoms with Crippen molar-refractivity contribution in [2.75, 3.05) is 0 Å². The Hall–Kier alpha value is -2.94. The van der Waals surface area contributed by atoms with Crippen LogP contribution in [0, 0.1) is 11.3 Å². The number of aromatic nitrogens is 1. The number of nitriles is 1. The maximum absolute atomic E-state index is 12.3. The number of hydrogen-bond acceptors (Lipinski definition) is 4. The maximum Gasteiger partial charge on any atom is 0.254 e. The molecule has 1 atom stereocenters. The van der Waals surface area contributed by atoms with Crippen LogP contribution in [-0.4, -0.2) is 22.8 Å². The van der Waals surface area contributed by atoms with Crippen molar-refractivity contribution in [3.8, 4) is 6.07 Å². The second-order valence-corrected chi connectivity index (χ2v) is 4.51. The van der Waals surface area contributed by atoms with Crippen LogP contribution in [-0.2, 0) is 4.79 Å². The largest absolute Gasteiger partial charge is 0.368 e. The first-order valence-electron chi connectivity index (χ1n) is 6.44. The van der Waals surface area contributed by atoms with Crippen molar-refractivity contribution in [2.45, 2.75) is 18.9 Å². The Balaban J connectivity index is 2.26. The molecular formula is C15H14N4O2. The summed E-state index contributed by atoms with van der Waals surface area (Å²) in [5.74, 6) is -1.09. The molecule has 1 aromatic carbocycles. The average Bonchev–Trinajstić information content (AvgIpc) is 2.50. The molecule has 1 heterocycles. The number of para-hydroxylation sites is 1. The second kappa shape index (κ2) is 6.48. The highest BCUT2D eigenvalue weighted by Gasteiger charge is 2.20. The number of nitrogens with one attached hydrogen (secondary N) is 1. The van der Waals surface area contributed by atoms with Crippen molar-refractivity contribution in [2.24, 2.45) is 5.73 Å². The number of nitrogens with two attached hydrogens (primary N) is 1. The highest BCUT2D eigenvalue weighted by atomic mass is 16.2. The van der Waals surface area contributed by atoms with Crippen LogP contribution in [0.1, 0.15) is 23.2 Å². The molecule has 0 unspecified atom stereocenters. The molecule has 106 valence electrons. The van der Waals surface area contributed by atoms with E-state index >= 15 is 0 Å². The van der Waals surface area contributed by atoms with Gasteiger partial charge in [0, 0.05) is 18.0 Å². The highest BCUT2D eigenvalue weighted by Crippen LogP contribution is 2.16. The number of primary amides is 1. The van der Waals surface area contributed by atoms with Gasteiger partial charge in [-0.2, -0.15) is 5.26 Å². The lowest BCUT2D eigenvalue weighted by Gasteiger charge is -2.14. The molecule has 2 aromatic rings. The van der Waals surface area contributed by atoms with Crippen molar-refractivity contribution in [1.82, 2.24) is 10.3 Å². The van der Waals surface area contributed by atoms with Gasteiger partial charge in [0.1, 0.15) is 6.04 Å². The maximum atomic E-state index is 12.3. The molecule has 21 heavy (non-hydrogen) atoms. The Labute approximate surface area is 121 Å². The SMILES string of the molecule is N#CCC[C@H](NC(=O)c1cccc2cccnc12)C(N)=O. The van der Waals surface area contributed by atoms with Gasteiger partial charge in [-0.05, 0) is 18.6 Å². The fourth-order valence-electron chi connectivity index (χ4n) is 2.02. The van der Waals surface area contributed by atoms with Crippen LogP contribution >= 0.6 is 0 Å². The van der Waals surface area contributed by atoms with Gasteiger partial charge in [-0.3, -0.25) is 14.6 Å². The first-order chi connectivity index (χ1) is 10.1. The molecular weight excluding hydrogens is 268 g/mol. The fraction of sp³-hybridized carbons (Fsp3) is 0.200. The third-order valence-corrected chi connectivity index (χ3v) is 3.07. The van der Waals surface area contributed by atoms with Crippen molar-refractivity contribution in [1.29, 1.82) is 5.26 Å². The molecule has 0 saturated carbocycles. The van der Waals surface area contributed by atoms with E-state index in [9.17, 15) is 9.59 Å². The van der Waals surface area contributed by atoms with Crippen LogP contribution in [0.5, 0.6) is 0 Å². The molecule has 0 aliphatic carbocycles. The van der Waals surface area contributed by atoms with Gasteiger partial charge in [-0.1, -0.05) is 18.2 Å². The van der Waals surface area contributed by atoms with Crippen LogP contribution < -0.4 is 11.1 Å². The Morgan fingerprint density at radius 3 is 2.81 bits per heavy atom. The van der Waals surface area contributed by atoms with Crippen LogP contribution in [0.25, 0.3) is 10.9 Å². The summed E-state index contributed by atoms with van der Waals surface area (Å²) in [4.78, 5) is 27.8. The summed E-state index contributed by atoms with van der Waals surface area (Å²) in [6.07, 6.45) is 1.93. The van der Waals surface area contributed by atoms with Gasteiger partial charge in [0.15, 0.2) is 0 Å². The number of nitrogens with zero attached hydrogens (tertiary/aromatic N) is 2. The lowest BCUT2D eigenvalue weighted by Crippen LogP contribution is -2.44. The van der Waals surface area contributed by atoms with Gasteiger partial charge in [0.05, 0.1) is 17.1 Å². The van der Waals surface area contributed by atoms with E-state index < -0.39 is 17.9 Å². The monoisotopic (exact) mass is 282 g/mol. The van der Waals surface area contributed by atoms with Crippen LogP contribution in [0.4, 0.5) is 0 Å². The van der Waals surface area contributed by atoms with Gasteiger partial charge >= 0.3 is 0 Å². The van der Waals surface area contributed by atoms with Gasteiger partial charge in [0.25, 0.3) is 5.91 Å². The zero-order valence-electron chi connectivity index (χ0n) is 11.2. The van der Waals surface area contributed by atoms with Gasteiger partial charge in [-0.25, -0.2) is 0 Å². The number of benzene rings is 1. The van der Waals surface area contributed by atoms with Crippen LogP contribution in [0.3, 0.4) is 0 Å². The molecule has 2 amide bonds. The van der Waals surface area contributed by atoms with Gasteiger partial charge in [0.2, 0.25) is 5.91 Å². The van der Waals surface area contributed by atoms with E-state index in [0.717, 1.165) is 5.39 Å². The standard InChI is InChI=1S/C15H14N4O2/c16-8-2-7-12(14(17)20)19-15(21)11-6-1-4-10-5-3-9-18-13(10)11/h1,3-6,9,12H,2,7H2,(H2,17,20)(H,19,21)/t12-/m0/s1. The smallest absolute Gasteiger partial charge is 0.254 e. The summed E-state index contributed by atoms with van der Waals surface area (Å²) in [7, 11) is 0. The van der Waals surface area contributed by atoms with Crippen LogP contribution in [0.15, 0.2) is 36.5 Å². The topological polar surface area (TPSA) is 109 Å². The molecule has 6 nitrogen and oxygen atoms in total. The Morgan fingerprint density at radius 1 is 1.33 bits per heavy atom. The van der Waals surface area contributed by atoms with Crippen LogP contribution in [0.2, 0.25) is 0 Å². The average molecular weight is 282 g/mol. The zero-order valence-corrected chi connectivity index (χ0v) is 11.2. The Morgan fingerprint density at radius 2 is 2.10 bits per heavy atom. The number of carbonyl (C=O) groups excluding carboxylic acids is 2. The van der Waals surface area contributed by atoms with Crippen molar-refractivity contribution < 1.29 is 9.59 Å². The lowest BCUT2D eigenvalue weighted by molar-refractivity contribution is -0.119. The van der Waals surface area contributed by atoms with E-state index in [-0.39, 0.29) is 12.8 Å². The van der Waals surface area contributed by atoms with E-state index in [1.165, 1.54) is 0 Å². The van der Waals surface area contributed by atoms with Gasteiger partial charge < -0.3 is 11.1 Å². The predicted octanol–water partition coefficient (Wildman–Crippen LogP) is 1.12. The Bertz CT molecular complexity index is 716. The van der Waals surface area contributed by atoms with E-state index in [1.807, 2.05) is 18.2 Å². The summed E-state index contributed by atoms with van der Waals surface area (Å²) < 4.78 is 0. The minimum Gasteiger partial charge on any atom is -0.368 e. The molecule has 6 heteroatoms. The molecule has 0 saturated heterocycles. The molecule has 2 rings (SSSR count). The molecule has 0 fully saturated rings. The Kier molecular flexibility index (Phi) is 4.46.